The van der Waals surface area contributed by atoms with Crippen molar-refractivity contribution < 1.29 is 14.3 Å². The predicted octanol–water partition coefficient (Wildman–Crippen LogP) is 2.50. The summed E-state index contributed by atoms with van der Waals surface area (Å²) in [5.41, 5.74) is 2.42. The van der Waals surface area contributed by atoms with E-state index in [1.807, 2.05) is 41.3 Å². The zero-order valence-electron chi connectivity index (χ0n) is 19.3. The van der Waals surface area contributed by atoms with Gasteiger partial charge in [0.2, 0.25) is 5.91 Å². The van der Waals surface area contributed by atoms with Crippen LogP contribution in [0.4, 0.5) is 0 Å². The van der Waals surface area contributed by atoms with Gasteiger partial charge in [-0.3, -0.25) is 9.79 Å². The number of amides is 1. The molecule has 0 spiro atoms. The number of nitrogens with zero attached hydrogens (tertiary/aromatic N) is 2. The van der Waals surface area contributed by atoms with Gasteiger partial charge in [-0.15, -0.1) is 0 Å². The summed E-state index contributed by atoms with van der Waals surface area (Å²) in [5, 5.41) is 6.71. The minimum absolute atomic E-state index is 0.240. The van der Waals surface area contributed by atoms with Gasteiger partial charge in [0.1, 0.15) is 0 Å². The number of rotatable bonds is 10. The van der Waals surface area contributed by atoms with E-state index in [9.17, 15) is 4.79 Å². The van der Waals surface area contributed by atoms with Crippen molar-refractivity contribution in [2.75, 3.05) is 47.4 Å². The number of aliphatic imine (C=N–C) groups is 1. The Morgan fingerprint density at radius 2 is 1.81 bits per heavy atom. The molecule has 0 radical (unpaired) electrons. The molecule has 1 atom stereocenters. The second-order valence-corrected chi connectivity index (χ2v) is 7.96. The Morgan fingerprint density at radius 1 is 1.03 bits per heavy atom. The third-order valence-electron chi connectivity index (χ3n) is 5.74. The molecule has 1 saturated heterocycles. The van der Waals surface area contributed by atoms with Gasteiger partial charge in [0, 0.05) is 45.6 Å². The van der Waals surface area contributed by atoms with Gasteiger partial charge in [-0.25, -0.2) is 0 Å². The summed E-state index contributed by atoms with van der Waals surface area (Å²) in [5.74, 6) is 2.74. The highest BCUT2D eigenvalue weighted by molar-refractivity contribution is 5.80. The molecule has 7 heteroatoms. The van der Waals surface area contributed by atoms with Crippen LogP contribution >= 0.6 is 0 Å². The monoisotopic (exact) mass is 438 g/mol. The van der Waals surface area contributed by atoms with Crippen LogP contribution in [-0.4, -0.2) is 64.2 Å². The molecule has 1 unspecified atom stereocenters. The Balaban J connectivity index is 1.39. The van der Waals surface area contributed by atoms with E-state index in [0.717, 1.165) is 62.0 Å². The molecule has 0 aromatic heterocycles. The van der Waals surface area contributed by atoms with Crippen LogP contribution in [0.5, 0.6) is 11.5 Å². The fourth-order valence-corrected chi connectivity index (χ4v) is 3.94. The molecule has 2 aromatic carbocycles. The highest BCUT2D eigenvalue weighted by Gasteiger charge is 2.29. The molecule has 2 aromatic rings. The Bertz CT molecular complexity index is 901. The highest BCUT2D eigenvalue weighted by atomic mass is 16.5. The molecular weight excluding hydrogens is 404 g/mol. The number of benzene rings is 2. The minimum Gasteiger partial charge on any atom is -0.493 e. The Kier molecular flexibility index (Phi) is 8.78. The van der Waals surface area contributed by atoms with E-state index in [0.29, 0.717) is 12.3 Å². The summed E-state index contributed by atoms with van der Waals surface area (Å²) < 4.78 is 10.7. The van der Waals surface area contributed by atoms with Crippen molar-refractivity contribution in [2.24, 2.45) is 10.9 Å². The standard InChI is InChI=1S/C25H34N4O3/c1-26-25(27-13-11-20-9-10-22(31-2)23(15-20)32-3)28-17-21-16-24(30)29(18-21)14-12-19-7-5-4-6-8-19/h4-10,15,21H,11-14,16-18H2,1-3H3,(H2,26,27,28). The number of likely N-dealkylation sites (tertiary alicyclic amines) is 1. The first-order chi connectivity index (χ1) is 15.6. The van der Waals surface area contributed by atoms with E-state index in [4.69, 9.17) is 9.47 Å². The lowest BCUT2D eigenvalue weighted by Crippen LogP contribution is -2.41. The Hall–Kier alpha value is -3.22. The molecule has 1 fully saturated rings. The second-order valence-electron chi connectivity index (χ2n) is 7.96. The van der Waals surface area contributed by atoms with Gasteiger partial charge in [-0.2, -0.15) is 0 Å². The van der Waals surface area contributed by atoms with Gasteiger partial charge in [0.05, 0.1) is 14.2 Å². The lowest BCUT2D eigenvalue weighted by atomic mass is 10.1. The van der Waals surface area contributed by atoms with Gasteiger partial charge >= 0.3 is 0 Å². The van der Waals surface area contributed by atoms with Crippen LogP contribution in [0.15, 0.2) is 53.5 Å². The molecule has 1 aliphatic rings. The average Bonchev–Trinajstić information content (AvgIpc) is 3.19. The second kappa shape index (κ2) is 12.0. The zero-order chi connectivity index (χ0) is 22.8. The van der Waals surface area contributed by atoms with Crippen LogP contribution in [0.25, 0.3) is 0 Å². The highest BCUT2D eigenvalue weighted by Crippen LogP contribution is 2.27. The molecule has 3 rings (SSSR count). The first-order valence-electron chi connectivity index (χ1n) is 11.1. The third-order valence-corrected chi connectivity index (χ3v) is 5.74. The van der Waals surface area contributed by atoms with Crippen LogP contribution in [0.1, 0.15) is 17.5 Å². The van der Waals surface area contributed by atoms with Crippen molar-refractivity contribution in [1.29, 1.82) is 0 Å². The predicted molar refractivity (Wildman–Crippen MR) is 127 cm³/mol. The summed E-state index contributed by atoms with van der Waals surface area (Å²) in [6, 6.07) is 16.3. The molecule has 32 heavy (non-hydrogen) atoms. The van der Waals surface area contributed by atoms with E-state index in [1.165, 1.54) is 5.56 Å². The number of methoxy groups -OCH3 is 2. The first kappa shape index (κ1) is 23.4. The maximum Gasteiger partial charge on any atom is 0.223 e. The summed E-state index contributed by atoms with van der Waals surface area (Å²) in [6.07, 6.45) is 2.31. The SMILES string of the molecule is CN=C(NCCc1ccc(OC)c(OC)c1)NCC1CC(=O)N(CCc2ccccc2)C1. The van der Waals surface area contributed by atoms with Crippen molar-refractivity contribution in [3.05, 3.63) is 59.7 Å². The third kappa shape index (κ3) is 6.64. The summed E-state index contributed by atoms with van der Waals surface area (Å²) in [4.78, 5) is 18.7. The van der Waals surface area contributed by atoms with Crippen LogP contribution in [0.2, 0.25) is 0 Å². The number of hydrogen-bond donors (Lipinski definition) is 2. The molecule has 0 saturated carbocycles. The van der Waals surface area contributed by atoms with E-state index in [1.54, 1.807) is 21.3 Å². The lowest BCUT2D eigenvalue weighted by molar-refractivity contribution is -0.127. The normalized spacial score (nSPS) is 16.2. The van der Waals surface area contributed by atoms with Gasteiger partial charge in [-0.1, -0.05) is 36.4 Å². The van der Waals surface area contributed by atoms with Crippen LogP contribution in [-0.2, 0) is 17.6 Å². The van der Waals surface area contributed by atoms with Crippen molar-refractivity contribution in [2.45, 2.75) is 19.3 Å². The maximum absolute atomic E-state index is 12.4. The van der Waals surface area contributed by atoms with E-state index in [-0.39, 0.29) is 5.91 Å². The van der Waals surface area contributed by atoms with Crippen molar-refractivity contribution in [3.63, 3.8) is 0 Å². The van der Waals surface area contributed by atoms with Crippen molar-refractivity contribution >= 4 is 11.9 Å². The number of ether oxygens (including phenoxy) is 2. The molecule has 2 N–H and O–H groups in total. The van der Waals surface area contributed by atoms with Crippen LogP contribution in [0.3, 0.4) is 0 Å². The molecule has 0 bridgehead atoms. The molecule has 1 heterocycles. The molecule has 1 aliphatic heterocycles. The Labute approximate surface area is 190 Å². The summed E-state index contributed by atoms with van der Waals surface area (Å²) in [7, 11) is 5.04. The lowest BCUT2D eigenvalue weighted by Gasteiger charge is -2.18. The summed E-state index contributed by atoms with van der Waals surface area (Å²) in [6.45, 7) is 3.03. The summed E-state index contributed by atoms with van der Waals surface area (Å²) >= 11 is 0. The number of guanidine groups is 1. The van der Waals surface area contributed by atoms with Gasteiger partial charge in [-0.05, 0) is 36.1 Å². The van der Waals surface area contributed by atoms with Gasteiger partial charge in [0.15, 0.2) is 17.5 Å². The largest absolute Gasteiger partial charge is 0.493 e. The molecule has 0 aliphatic carbocycles. The van der Waals surface area contributed by atoms with E-state index >= 15 is 0 Å². The van der Waals surface area contributed by atoms with Crippen molar-refractivity contribution in [3.8, 4) is 11.5 Å². The maximum atomic E-state index is 12.4. The topological polar surface area (TPSA) is 75.2 Å². The smallest absolute Gasteiger partial charge is 0.223 e. The fraction of sp³-hybridized carbons (Fsp3) is 0.440. The van der Waals surface area contributed by atoms with Crippen LogP contribution < -0.4 is 20.1 Å². The number of carbonyl (C=O) groups is 1. The molecule has 7 nitrogen and oxygen atoms in total. The minimum atomic E-state index is 0.240. The average molecular weight is 439 g/mol. The number of nitrogens with one attached hydrogen (secondary N) is 2. The number of carbonyl (C=O) groups excluding carboxylic acids is 1. The molecule has 1 amide bonds. The van der Waals surface area contributed by atoms with Crippen molar-refractivity contribution in [1.82, 2.24) is 15.5 Å². The fourth-order valence-electron chi connectivity index (χ4n) is 3.94. The van der Waals surface area contributed by atoms with Gasteiger partial charge in [0.25, 0.3) is 0 Å². The zero-order valence-corrected chi connectivity index (χ0v) is 19.3. The van der Waals surface area contributed by atoms with Gasteiger partial charge < -0.3 is 25.0 Å². The Morgan fingerprint density at radius 3 is 2.53 bits per heavy atom. The number of hydrogen-bond acceptors (Lipinski definition) is 4. The van der Waals surface area contributed by atoms with Crippen LogP contribution in [0, 0.1) is 5.92 Å². The van der Waals surface area contributed by atoms with E-state index < -0.39 is 0 Å². The van der Waals surface area contributed by atoms with E-state index in [2.05, 4.69) is 27.8 Å². The quantitative estimate of drug-likeness (QED) is 0.440. The first-order valence-corrected chi connectivity index (χ1v) is 11.1. The molecular formula is C25H34N4O3. The molecule has 172 valence electrons.